The van der Waals surface area contributed by atoms with Crippen LogP contribution in [0.15, 0.2) is 18.2 Å². The lowest BCUT2D eigenvalue weighted by atomic mass is 10.1. The lowest BCUT2D eigenvalue weighted by molar-refractivity contribution is 0.294. The van der Waals surface area contributed by atoms with Crippen LogP contribution in [-0.4, -0.2) is 31.1 Å². The van der Waals surface area contributed by atoms with Gasteiger partial charge in [0.2, 0.25) is 0 Å². The van der Waals surface area contributed by atoms with Crippen LogP contribution in [0.5, 0.6) is 0 Å². The molecule has 0 aliphatic carbocycles. The van der Waals surface area contributed by atoms with E-state index in [0.717, 1.165) is 18.8 Å². The molecule has 0 saturated carbocycles. The summed E-state index contributed by atoms with van der Waals surface area (Å²) in [7, 11) is 0. The Balaban J connectivity index is 1.86. The maximum Gasteiger partial charge on any atom is 0.124 e. The van der Waals surface area contributed by atoms with Gasteiger partial charge in [0.05, 0.1) is 11.3 Å². The molecule has 1 aliphatic heterocycles. The molecule has 1 atom stereocenters. The van der Waals surface area contributed by atoms with Crippen LogP contribution in [0.1, 0.15) is 25.3 Å². The molecular formula is C15H20FN3. The molecule has 0 amide bonds. The van der Waals surface area contributed by atoms with E-state index in [9.17, 15) is 4.39 Å². The van der Waals surface area contributed by atoms with E-state index in [2.05, 4.69) is 17.1 Å². The number of halogens is 1. The van der Waals surface area contributed by atoms with Crippen molar-refractivity contribution in [3.05, 3.63) is 29.6 Å². The molecule has 0 radical (unpaired) electrons. The Morgan fingerprint density at radius 1 is 1.42 bits per heavy atom. The number of nitrogens with zero attached hydrogens (tertiary/aromatic N) is 2. The van der Waals surface area contributed by atoms with Gasteiger partial charge < -0.3 is 10.2 Å². The fraction of sp³-hybridized carbons (Fsp3) is 0.533. The van der Waals surface area contributed by atoms with E-state index in [1.165, 1.54) is 38.1 Å². The number of nitriles is 1. The van der Waals surface area contributed by atoms with Gasteiger partial charge in [-0.25, -0.2) is 4.39 Å². The summed E-state index contributed by atoms with van der Waals surface area (Å²) in [4.78, 5) is 2.47. The minimum atomic E-state index is -0.368. The van der Waals surface area contributed by atoms with Crippen molar-refractivity contribution >= 4 is 5.69 Å². The monoisotopic (exact) mass is 261 g/mol. The number of benzene rings is 1. The molecule has 0 aromatic heterocycles. The van der Waals surface area contributed by atoms with Crippen molar-refractivity contribution in [3.63, 3.8) is 0 Å². The lowest BCUT2D eigenvalue weighted by Crippen LogP contribution is -2.29. The average molecular weight is 261 g/mol. The van der Waals surface area contributed by atoms with Crippen molar-refractivity contribution in [1.82, 2.24) is 4.90 Å². The molecule has 19 heavy (non-hydrogen) atoms. The van der Waals surface area contributed by atoms with Gasteiger partial charge in [0, 0.05) is 13.1 Å². The molecule has 2 rings (SSSR count). The number of anilines is 1. The van der Waals surface area contributed by atoms with Crippen LogP contribution in [0.4, 0.5) is 10.1 Å². The van der Waals surface area contributed by atoms with E-state index in [1.54, 1.807) is 6.07 Å². The zero-order valence-corrected chi connectivity index (χ0v) is 11.3. The molecule has 1 aliphatic rings. The first-order valence-electron chi connectivity index (χ1n) is 6.85. The Labute approximate surface area is 114 Å². The fourth-order valence-corrected chi connectivity index (χ4v) is 2.52. The van der Waals surface area contributed by atoms with Gasteiger partial charge in [-0.3, -0.25) is 0 Å². The predicted molar refractivity (Wildman–Crippen MR) is 74.4 cm³/mol. The van der Waals surface area contributed by atoms with E-state index >= 15 is 0 Å². The number of rotatable bonds is 5. The van der Waals surface area contributed by atoms with Crippen LogP contribution >= 0.6 is 0 Å². The highest BCUT2D eigenvalue weighted by Crippen LogP contribution is 2.17. The van der Waals surface area contributed by atoms with Gasteiger partial charge in [0.1, 0.15) is 11.9 Å². The van der Waals surface area contributed by atoms with Gasteiger partial charge >= 0.3 is 0 Å². The third-order valence-corrected chi connectivity index (χ3v) is 3.51. The highest BCUT2D eigenvalue weighted by molar-refractivity contribution is 5.57. The Morgan fingerprint density at radius 3 is 2.84 bits per heavy atom. The SMILES string of the molecule is CC(CNc1ccc(F)cc1C#N)CN1CCCC1. The quantitative estimate of drug-likeness (QED) is 0.886. The third kappa shape index (κ3) is 3.93. The molecular weight excluding hydrogens is 241 g/mol. The molecule has 1 fully saturated rings. The maximum atomic E-state index is 13.0. The molecule has 1 saturated heterocycles. The van der Waals surface area contributed by atoms with Crippen LogP contribution in [0.3, 0.4) is 0 Å². The Hall–Kier alpha value is -1.60. The molecule has 0 bridgehead atoms. The summed E-state index contributed by atoms with van der Waals surface area (Å²) in [6, 6.07) is 6.31. The number of nitrogens with one attached hydrogen (secondary N) is 1. The Bertz CT molecular complexity index is 461. The lowest BCUT2D eigenvalue weighted by Gasteiger charge is -2.21. The van der Waals surface area contributed by atoms with Gasteiger partial charge in [-0.15, -0.1) is 0 Å². The van der Waals surface area contributed by atoms with E-state index < -0.39 is 0 Å². The maximum absolute atomic E-state index is 13.0. The normalized spacial score (nSPS) is 17.1. The summed E-state index contributed by atoms with van der Waals surface area (Å²) in [5, 5.41) is 12.2. The summed E-state index contributed by atoms with van der Waals surface area (Å²) in [6.07, 6.45) is 2.60. The summed E-state index contributed by atoms with van der Waals surface area (Å²) in [6.45, 7) is 6.47. The second-order valence-electron chi connectivity index (χ2n) is 5.30. The van der Waals surface area contributed by atoms with Crippen molar-refractivity contribution in [2.24, 2.45) is 5.92 Å². The standard InChI is InChI=1S/C15H20FN3/c1-12(11-19-6-2-3-7-19)10-18-15-5-4-14(16)8-13(15)9-17/h4-5,8,12,18H,2-3,6-7,10-11H2,1H3. The van der Waals surface area contributed by atoms with Crippen LogP contribution in [0, 0.1) is 23.1 Å². The second-order valence-corrected chi connectivity index (χ2v) is 5.30. The van der Waals surface area contributed by atoms with E-state index in [0.29, 0.717) is 11.5 Å². The summed E-state index contributed by atoms with van der Waals surface area (Å²) >= 11 is 0. The first-order chi connectivity index (χ1) is 9.19. The van der Waals surface area contributed by atoms with Crippen molar-refractivity contribution in [1.29, 1.82) is 5.26 Å². The van der Waals surface area contributed by atoms with Crippen LogP contribution in [0.25, 0.3) is 0 Å². The van der Waals surface area contributed by atoms with Crippen LogP contribution in [0.2, 0.25) is 0 Å². The minimum Gasteiger partial charge on any atom is -0.384 e. The van der Waals surface area contributed by atoms with Crippen molar-refractivity contribution in [2.45, 2.75) is 19.8 Å². The van der Waals surface area contributed by atoms with E-state index in [4.69, 9.17) is 5.26 Å². The second kappa shape index (κ2) is 6.53. The summed E-state index contributed by atoms with van der Waals surface area (Å²) in [5.41, 5.74) is 1.09. The molecule has 1 unspecified atom stereocenters. The van der Waals surface area contributed by atoms with Crippen molar-refractivity contribution < 1.29 is 4.39 Å². The van der Waals surface area contributed by atoms with Crippen LogP contribution < -0.4 is 5.32 Å². The fourth-order valence-electron chi connectivity index (χ4n) is 2.52. The predicted octanol–water partition coefficient (Wildman–Crippen LogP) is 2.84. The summed E-state index contributed by atoms with van der Waals surface area (Å²) < 4.78 is 13.0. The largest absolute Gasteiger partial charge is 0.384 e. The molecule has 4 heteroatoms. The minimum absolute atomic E-state index is 0.368. The van der Waals surface area contributed by atoms with Crippen molar-refractivity contribution in [3.8, 4) is 6.07 Å². The molecule has 3 nitrogen and oxygen atoms in total. The molecule has 102 valence electrons. The molecule has 1 aromatic carbocycles. The molecule has 1 heterocycles. The highest BCUT2D eigenvalue weighted by atomic mass is 19.1. The first kappa shape index (κ1) is 13.8. The van der Waals surface area contributed by atoms with Gasteiger partial charge in [0.15, 0.2) is 0 Å². The van der Waals surface area contributed by atoms with E-state index in [1.807, 2.05) is 6.07 Å². The van der Waals surface area contributed by atoms with Crippen LogP contribution in [-0.2, 0) is 0 Å². The molecule has 1 aromatic rings. The zero-order valence-electron chi connectivity index (χ0n) is 11.3. The number of likely N-dealkylation sites (tertiary alicyclic amines) is 1. The van der Waals surface area contributed by atoms with Gasteiger partial charge in [-0.1, -0.05) is 6.92 Å². The molecule has 0 spiro atoms. The van der Waals surface area contributed by atoms with Crippen molar-refractivity contribution in [2.75, 3.05) is 31.5 Å². The van der Waals surface area contributed by atoms with Gasteiger partial charge in [-0.2, -0.15) is 5.26 Å². The Morgan fingerprint density at radius 2 is 2.16 bits per heavy atom. The van der Waals surface area contributed by atoms with E-state index in [-0.39, 0.29) is 5.82 Å². The topological polar surface area (TPSA) is 39.1 Å². The van der Waals surface area contributed by atoms with Gasteiger partial charge in [0.25, 0.3) is 0 Å². The van der Waals surface area contributed by atoms with Gasteiger partial charge in [-0.05, 0) is 50.0 Å². The smallest absolute Gasteiger partial charge is 0.124 e. The zero-order chi connectivity index (χ0) is 13.7. The average Bonchev–Trinajstić information content (AvgIpc) is 2.90. The summed E-state index contributed by atoms with van der Waals surface area (Å²) in [5.74, 6) is 0.141. The third-order valence-electron chi connectivity index (χ3n) is 3.51. The number of hydrogen-bond acceptors (Lipinski definition) is 3. The Kier molecular flexibility index (Phi) is 4.75. The molecule has 1 N–H and O–H groups in total. The number of hydrogen-bond donors (Lipinski definition) is 1. The first-order valence-corrected chi connectivity index (χ1v) is 6.85. The highest BCUT2D eigenvalue weighted by Gasteiger charge is 2.14.